The molecule has 3 heterocycles. The number of anilines is 2. The lowest BCUT2D eigenvalue weighted by atomic mass is 9.87. The molecule has 0 spiro atoms. The third-order valence-corrected chi connectivity index (χ3v) is 5.70. The molecule has 1 aliphatic carbocycles. The largest absolute Gasteiger partial charge is 0.384 e. The molecule has 118 valence electrons. The number of nitrogen functional groups attached to an aromatic ring is 1. The molecular formula is C17H19N5S. The zero-order chi connectivity index (χ0) is 15.8. The fraction of sp³-hybridized carbons (Fsp3) is 0.412. The van der Waals surface area contributed by atoms with E-state index in [0.29, 0.717) is 11.9 Å². The Balaban J connectivity index is 1.68. The molecule has 0 bridgehead atoms. The SMILES string of the molecule is C[C@H]1CC[C@H](Nc2cc(N)nc3cc(C4=C=C=NN4)sc23)CC1. The third kappa shape index (κ3) is 2.84. The van der Waals surface area contributed by atoms with Crippen molar-refractivity contribution in [3.05, 3.63) is 22.7 Å². The van der Waals surface area contributed by atoms with Gasteiger partial charge < -0.3 is 11.1 Å². The summed E-state index contributed by atoms with van der Waals surface area (Å²) in [4.78, 5) is 5.51. The molecule has 0 atom stereocenters. The molecule has 1 aliphatic heterocycles. The summed E-state index contributed by atoms with van der Waals surface area (Å²) in [6, 6.07) is 4.50. The van der Waals surface area contributed by atoms with Crippen LogP contribution in [0.5, 0.6) is 0 Å². The van der Waals surface area contributed by atoms with Gasteiger partial charge in [0, 0.05) is 12.1 Å². The Kier molecular flexibility index (Phi) is 3.58. The number of aromatic nitrogens is 1. The van der Waals surface area contributed by atoms with Gasteiger partial charge in [0.2, 0.25) is 0 Å². The number of nitrogens with one attached hydrogen (secondary N) is 2. The molecule has 5 nitrogen and oxygen atoms in total. The fourth-order valence-corrected chi connectivity index (χ4v) is 4.24. The highest BCUT2D eigenvalue weighted by atomic mass is 32.1. The minimum Gasteiger partial charge on any atom is -0.384 e. The van der Waals surface area contributed by atoms with Crippen molar-refractivity contribution in [3.63, 3.8) is 0 Å². The summed E-state index contributed by atoms with van der Waals surface area (Å²) in [6.45, 7) is 2.34. The van der Waals surface area contributed by atoms with Crippen molar-refractivity contribution in [3.8, 4) is 0 Å². The lowest BCUT2D eigenvalue weighted by molar-refractivity contribution is 0.361. The number of pyridine rings is 1. The van der Waals surface area contributed by atoms with E-state index in [-0.39, 0.29) is 0 Å². The molecule has 0 aromatic carbocycles. The Labute approximate surface area is 139 Å². The molecule has 2 aromatic rings. The van der Waals surface area contributed by atoms with E-state index >= 15 is 0 Å². The van der Waals surface area contributed by atoms with E-state index in [4.69, 9.17) is 5.73 Å². The fourth-order valence-electron chi connectivity index (χ4n) is 3.21. The van der Waals surface area contributed by atoms with Gasteiger partial charge in [0.15, 0.2) is 0 Å². The van der Waals surface area contributed by atoms with Crippen molar-refractivity contribution in [2.75, 3.05) is 11.1 Å². The number of fused-ring (bicyclic) bond motifs is 1. The van der Waals surface area contributed by atoms with Crippen molar-refractivity contribution in [2.24, 2.45) is 11.0 Å². The monoisotopic (exact) mass is 325 g/mol. The van der Waals surface area contributed by atoms with Crippen LogP contribution in [0.25, 0.3) is 15.9 Å². The van der Waals surface area contributed by atoms with Crippen LogP contribution in [-0.2, 0) is 0 Å². The van der Waals surface area contributed by atoms with Crippen LogP contribution in [0.3, 0.4) is 0 Å². The molecule has 0 amide bonds. The first-order valence-corrected chi connectivity index (χ1v) is 8.81. The average Bonchev–Trinajstić information content (AvgIpc) is 3.18. The maximum Gasteiger partial charge on any atom is 0.126 e. The van der Waals surface area contributed by atoms with Gasteiger partial charge >= 0.3 is 0 Å². The number of hydrogen-bond acceptors (Lipinski definition) is 6. The minimum absolute atomic E-state index is 0.522. The van der Waals surface area contributed by atoms with Crippen molar-refractivity contribution in [2.45, 2.75) is 38.6 Å². The van der Waals surface area contributed by atoms with Crippen molar-refractivity contribution in [1.29, 1.82) is 0 Å². The molecule has 0 saturated heterocycles. The van der Waals surface area contributed by atoms with E-state index in [1.165, 1.54) is 25.7 Å². The van der Waals surface area contributed by atoms with E-state index in [0.717, 1.165) is 32.4 Å². The third-order valence-electron chi connectivity index (χ3n) is 4.53. The predicted octanol–water partition coefficient (Wildman–Crippen LogP) is 3.55. The van der Waals surface area contributed by atoms with Gasteiger partial charge in [-0.05, 0) is 43.4 Å². The molecule has 1 saturated carbocycles. The molecular weight excluding hydrogens is 306 g/mol. The van der Waals surface area contributed by atoms with Crippen LogP contribution in [0.4, 0.5) is 11.5 Å². The molecule has 4 N–H and O–H groups in total. The van der Waals surface area contributed by atoms with Crippen LogP contribution in [0.1, 0.15) is 37.5 Å². The summed E-state index contributed by atoms with van der Waals surface area (Å²) in [6.07, 6.45) is 5.00. The van der Waals surface area contributed by atoms with Gasteiger partial charge in [0.25, 0.3) is 0 Å². The molecule has 0 unspecified atom stereocenters. The number of hydrazone groups is 1. The predicted molar refractivity (Wildman–Crippen MR) is 96.6 cm³/mol. The number of rotatable bonds is 3. The van der Waals surface area contributed by atoms with E-state index in [2.05, 4.69) is 39.4 Å². The zero-order valence-corrected chi connectivity index (χ0v) is 13.8. The van der Waals surface area contributed by atoms with Gasteiger partial charge in [-0.1, -0.05) is 6.92 Å². The van der Waals surface area contributed by atoms with E-state index in [1.54, 1.807) is 11.3 Å². The first-order valence-electron chi connectivity index (χ1n) is 8.00. The lowest BCUT2D eigenvalue weighted by Gasteiger charge is -2.28. The zero-order valence-electron chi connectivity index (χ0n) is 13.0. The van der Waals surface area contributed by atoms with Crippen LogP contribution in [0.15, 0.2) is 23.0 Å². The summed E-state index contributed by atoms with van der Waals surface area (Å²) in [5.41, 5.74) is 14.7. The second kappa shape index (κ2) is 5.74. The van der Waals surface area contributed by atoms with Crippen LogP contribution in [0.2, 0.25) is 0 Å². The lowest BCUT2D eigenvalue weighted by Crippen LogP contribution is -2.25. The van der Waals surface area contributed by atoms with Gasteiger partial charge in [-0.15, -0.1) is 16.4 Å². The van der Waals surface area contributed by atoms with E-state index < -0.39 is 0 Å². The van der Waals surface area contributed by atoms with Gasteiger partial charge in [-0.2, -0.15) is 0 Å². The number of nitrogens with zero attached hydrogens (tertiary/aromatic N) is 2. The van der Waals surface area contributed by atoms with E-state index in [1.807, 2.05) is 12.1 Å². The Morgan fingerprint density at radius 3 is 2.87 bits per heavy atom. The smallest absolute Gasteiger partial charge is 0.126 e. The van der Waals surface area contributed by atoms with Gasteiger partial charge in [-0.3, -0.25) is 5.43 Å². The minimum atomic E-state index is 0.522. The molecule has 6 heteroatoms. The Morgan fingerprint density at radius 2 is 2.13 bits per heavy atom. The van der Waals surface area contributed by atoms with Gasteiger partial charge in [-0.25, -0.2) is 4.98 Å². The Bertz CT molecular complexity index is 847. The van der Waals surface area contributed by atoms with Crippen molar-refractivity contribution < 1.29 is 0 Å². The van der Waals surface area contributed by atoms with Crippen LogP contribution in [0, 0.1) is 5.92 Å². The van der Waals surface area contributed by atoms with Gasteiger partial charge in [0.1, 0.15) is 11.5 Å². The second-order valence-corrected chi connectivity index (χ2v) is 7.41. The molecule has 23 heavy (non-hydrogen) atoms. The topological polar surface area (TPSA) is 75.3 Å². The average molecular weight is 325 g/mol. The number of nitrogens with two attached hydrogens (primary N) is 1. The quantitative estimate of drug-likeness (QED) is 0.754. The summed E-state index contributed by atoms with van der Waals surface area (Å²) < 4.78 is 1.14. The second-order valence-electron chi connectivity index (χ2n) is 6.36. The summed E-state index contributed by atoms with van der Waals surface area (Å²) >= 11 is 1.68. The molecule has 4 rings (SSSR count). The molecule has 0 radical (unpaired) electrons. The van der Waals surface area contributed by atoms with Crippen LogP contribution < -0.4 is 16.5 Å². The van der Waals surface area contributed by atoms with Crippen LogP contribution in [-0.4, -0.2) is 16.9 Å². The standard InChI is InChI=1S/C17H19N5S/c1-10-2-4-11(5-3-10)20-14-9-16(18)21-13-8-15(23-17(13)14)12-6-7-19-22-12/h8-11,22H,2-5H2,1H3,(H3,18,20,21)/t10-,11-. The van der Waals surface area contributed by atoms with Gasteiger partial charge in [0.05, 0.1) is 26.7 Å². The van der Waals surface area contributed by atoms with Crippen molar-refractivity contribution >= 4 is 44.6 Å². The number of thiophene rings is 1. The summed E-state index contributed by atoms with van der Waals surface area (Å²) in [7, 11) is 0. The highest BCUT2D eigenvalue weighted by Crippen LogP contribution is 2.36. The first kappa shape index (κ1) is 14.3. The summed E-state index contributed by atoms with van der Waals surface area (Å²) in [5.74, 6) is 4.08. The molecule has 2 aromatic heterocycles. The maximum absolute atomic E-state index is 6.00. The summed E-state index contributed by atoms with van der Waals surface area (Å²) in [5, 5.41) is 7.54. The highest BCUT2D eigenvalue weighted by molar-refractivity contribution is 7.20. The maximum atomic E-state index is 6.00. The number of hydrogen-bond donors (Lipinski definition) is 3. The molecule has 1 fully saturated rings. The van der Waals surface area contributed by atoms with Crippen LogP contribution >= 0.6 is 11.3 Å². The highest BCUT2D eigenvalue weighted by Gasteiger charge is 2.20. The van der Waals surface area contributed by atoms with Crippen molar-refractivity contribution in [1.82, 2.24) is 10.4 Å². The molecule has 2 aliphatic rings. The normalized spacial score (nSPS) is 23.1. The first-order chi connectivity index (χ1) is 11.2. The Hall–Kier alpha value is -2.26. The Morgan fingerprint density at radius 1 is 1.30 bits per heavy atom. The van der Waals surface area contributed by atoms with E-state index in [9.17, 15) is 0 Å².